The third kappa shape index (κ3) is 5.87. The highest BCUT2D eigenvalue weighted by Crippen LogP contribution is 2.55. The highest BCUT2D eigenvalue weighted by Gasteiger charge is 2.61. The van der Waals surface area contributed by atoms with Crippen LogP contribution in [0.1, 0.15) is 54.1 Å². The quantitative estimate of drug-likeness (QED) is 0.120. The van der Waals surface area contributed by atoms with Crippen LogP contribution in [0.2, 0.25) is 0 Å². The fourth-order valence-corrected chi connectivity index (χ4v) is 5.17. The van der Waals surface area contributed by atoms with Gasteiger partial charge in [0.05, 0.1) is 5.54 Å². The number of nitrogens with one attached hydrogen (secondary N) is 2. The maximum absolute atomic E-state index is 13.1. The molecule has 14 nitrogen and oxygen atoms in total. The van der Waals surface area contributed by atoms with Crippen molar-refractivity contribution in [2.75, 3.05) is 6.54 Å². The van der Waals surface area contributed by atoms with E-state index >= 15 is 0 Å². The number of aromatic hydroxyl groups is 2. The number of guanidine groups is 1. The summed E-state index contributed by atoms with van der Waals surface area (Å²) in [6, 6.07) is 11.6. The molecule has 0 saturated heterocycles. The average molecular weight is 565 g/mol. The van der Waals surface area contributed by atoms with Crippen molar-refractivity contribution < 1.29 is 29.4 Å². The molecule has 2 saturated carbocycles. The number of carboxylic acid groups (broad SMARTS) is 1. The van der Waals surface area contributed by atoms with Gasteiger partial charge in [-0.3, -0.25) is 4.99 Å². The Morgan fingerprint density at radius 3 is 2.37 bits per heavy atom. The summed E-state index contributed by atoms with van der Waals surface area (Å²) in [4.78, 5) is 33.6. The molecule has 2 unspecified atom stereocenters. The molecule has 0 spiro atoms. The van der Waals surface area contributed by atoms with Gasteiger partial charge < -0.3 is 47.7 Å². The Morgan fingerprint density at radius 2 is 1.73 bits per heavy atom. The van der Waals surface area contributed by atoms with Crippen LogP contribution < -0.4 is 27.8 Å². The molecular weight excluding hydrogens is 532 g/mol. The molecule has 2 aromatic carbocycles. The number of aliphatic carboxylic acids is 1. The van der Waals surface area contributed by atoms with E-state index in [4.69, 9.17) is 21.7 Å². The van der Waals surface area contributed by atoms with Crippen LogP contribution in [-0.4, -0.2) is 55.5 Å². The van der Waals surface area contributed by atoms with E-state index in [0.717, 1.165) is 11.1 Å². The van der Waals surface area contributed by atoms with Gasteiger partial charge in [0, 0.05) is 18.9 Å². The number of hydrogen-bond donors (Lipinski definition) is 8. The van der Waals surface area contributed by atoms with E-state index in [1.165, 1.54) is 12.1 Å². The van der Waals surface area contributed by atoms with E-state index in [1.54, 1.807) is 36.4 Å². The van der Waals surface area contributed by atoms with Crippen LogP contribution in [0.3, 0.4) is 0 Å². The first-order chi connectivity index (χ1) is 19.5. The number of urea groups is 1. The van der Waals surface area contributed by atoms with Gasteiger partial charge in [-0.1, -0.05) is 29.4 Å². The number of aliphatic imine (C=N–C) groups is 1. The number of carbonyl (C=O) groups is 2. The van der Waals surface area contributed by atoms with Gasteiger partial charge >= 0.3 is 12.0 Å². The average Bonchev–Trinajstić information content (AvgIpc) is 3.73. The molecule has 1 aromatic heterocycles. The second-order valence-electron chi connectivity index (χ2n) is 10.6. The Bertz CT molecular complexity index is 1460. The third-order valence-corrected chi connectivity index (χ3v) is 7.73. The second-order valence-corrected chi connectivity index (χ2v) is 10.6. The van der Waals surface area contributed by atoms with Crippen LogP contribution in [0.15, 0.2) is 58.0 Å². The van der Waals surface area contributed by atoms with Crippen molar-refractivity contribution in [2.45, 2.75) is 48.7 Å². The van der Waals surface area contributed by atoms with Gasteiger partial charge in [-0.15, -0.1) is 0 Å². The highest BCUT2D eigenvalue weighted by molar-refractivity contribution is 5.89. The van der Waals surface area contributed by atoms with Gasteiger partial charge in [-0.25, -0.2) is 9.59 Å². The van der Waals surface area contributed by atoms with Crippen LogP contribution in [0.5, 0.6) is 11.5 Å². The normalized spacial score (nSPS) is 25.1. The molecule has 0 bridgehead atoms. The molecule has 5 atom stereocenters. The van der Waals surface area contributed by atoms with Crippen LogP contribution in [-0.2, 0) is 16.8 Å². The number of nitrogens with zero attached hydrogens (tertiary/aromatic N) is 3. The Balaban J connectivity index is 1.32. The minimum absolute atomic E-state index is 0.0819. The third-order valence-electron chi connectivity index (χ3n) is 7.73. The van der Waals surface area contributed by atoms with Crippen molar-refractivity contribution in [1.29, 1.82) is 0 Å². The first-order valence-electron chi connectivity index (χ1n) is 13.1. The number of phenolic OH excluding ortho intramolecular Hbond substituents is 2. The van der Waals surface area contributed by atoms with Gasteiger partial charge in [0.15, 0.2) is 11.8 Å². The molecule has 2 aliphatic carbocycles. The molecule has 14 heteroatoms. The Kier molecular flexibility index (Phi) is 7.17. The molecule has 41 heavy (non-hydrogen) atoms. The smallest absolute Gasteiger partial charge is 0.329 e. The number of carboxylic acids is 1. The molecule has 216 valence electrons. The lowest BCUT2D eigenvalue weighted by molar-refractivity contribution is -0.140. The molecule has 2 fully saturated rings. The van der Waals surface area contributed by atoms with Crippen molar-refractivity contribution in [1.82, 2.24) is 20.8 Å². The van der Waals surface area contributed by atoms with Gasteiger partial charge in [-0.05, 0) is 60.6 Å². The number of rotatable bonds is 11. The number of benzene rings is 2. The maximum Gasteiger partial charge on any atom is 0.329 e. The summed E-state index contributed by atoms with van der Waals surface area (Å²) >= 11 is 0. The number of hydrogen-bond acceptors (Lipinski definition) is 9. The molecule has 11 N–H and O–H groups in total. The molecule has 0 aliphatic heterocycles. The lowest BCUT2D eigenvalue weighted by Gasteiger charge is -2.19. The zero-order chi connectivity index (χ0) is 29.4. The van der Waals surface area contributed by atoms with E-state index in [0.29, 0.717) is 12.8 Å². The Hall–Kier alpha value is -4.85. The summed E-state index contributed by atoms with van der Waals surface area (Å²) in [5.74, 6) is -1.08. The van der Waals surface area contributed by atoms with E-state index in [1.807, 2.05) is 0 Å². The number of carbonyl (C=O) groups excluding carboxylic acids is 1. The predicted octanol–water partition coefficient (Wildman–Crippen LogP) is 0.912. The van der Waals surface area contributed by atoms with Crippen molar-refractivity contribution in [3.05, 3.63) is 71.4 Å². The second kappa shape index (κ2) is 10.6. The van der Waals surface area contributed by atoms with Crippen molar-refractivity contribution in [3.8, 4) is 11.5 Å². The van der Waals surface area contributed by atoms with Gasteiger partial charge in [0.25, 0.3) is 0 Å². The number of nitrogens with two attached hydrogens (primary N) is 3. The summed E-state index contributed by atoms with van der Waals surface area (Å²) in [5.41, 5.74) is 16.6. The van der Waals surface area contributed by atoms with Crippen molar-refractivity contribution in [3.63, 3.8) is 0 Å². The van der Waals surface area contributed by atoms with E-state index in [-0.39, 0.29) is 60.4 Å². The maximum atomic E-state index is 13.1. The zero-order valence-corrected chi connectivity index (χ0v) is 22.0. The molecule has 3 aromatic rings. The Morgan fingerprint density at radius 1 is 1.07 bits per heavy atom. The van der Waals surface area contributed by atoms with Crippen molar-refractivity contribution in [2.24, 2.45) is 28.1 Å². The first-order valence-corrected chi connectivity index (χ1v) is 13.1. The molecule has 2 aliphatic rings. The van der Waals surface area contributed by atoms with Crippen molar-refractivity contribution >= 4 is 18.0 Å². The highest BCUT2D eigenvalue weighted by atomic mass is 16.5. The van der Waals surface area contributed by atoms with Gasteiger partial charge in [-0.2, -0.15) is 4.98 Å². The van der Waals surface area contributed by atoms with Crippen LogP contribution in [0.4, 0.5) is 4.79 Å². The van der Waals surface area contributed by atoms with E-state index in [9.17, 15) is 24.9 Å². The molecule has 1 heterocycles. The van der Waals surface area contributed by atoms with Crippen LogP contribution >= 0.6 is 0 Å². The standard InChI is InChI=1S/C27H32N8O6/c28-24(29)31-10-9-16-12-27(16,23(38)39)34-25(40)32-20(11-14-1-5-17(36)6-2-14)21-33-22(35-41-21)26(30)13-19(26)15-3-7-18(37)8-4-15/h1-8,16,19-20,36-37H,9-13,30H2,(H,38,39)(H4,28,29,31)(H2,32,34,40)/t16-,19-,20+,26?,27?/m1/s1. The first kappa shape index (κ1) is 27.7. The summed E-state index contributed by atoms with van der Waals surface area (Å²) < 4.78 is 5.56. The fraction of sp³-hybridized carbons (Fsp3) is 0.370. The minimum atomic E-state index is -1.45. The lowest BCUT2D eigenvalue weighted by atomic mass is 10.0. The SMILES string of the molecule is NC(N)=NCC[C@@H]1CC1(NC(=O)N[C@@H](Cc1ccc(O)cc1)c1nc(C2(N)C[C@@H]2c2ccc(O)cc2)no1)C(=O)O. The summed E-state index contributed by atoms with van der Waals surface area (Å²) in [7, 11) is 0. The van der Waals surface area contributed by atoms with Gasteiger partial charge in [0.2, 0.25) is 5.89 Å². The minimum Gasteiger partial charge on any atom is -0.508 e. The van der Waals surface area contributed by atoms with Crippen LogP contribution in [0, 0.1) is 5.92 Å². The number of phenols is 2. The molecule has 5 rings (SSSR count). The summed E-state index contributed by atoms with van der Waals surface area (Å²) in [5, 5.41) is 38.6. The van der Waals surface area contributed by atoms with Gasteiger partial charge in [0.1, 0.15) is 23.1 Å². The van der Waals surface area contributed by atoms with E-state index in [2.05, 4.69) is 25.8 Å². The topological polar surface area (TPSA) is 248 Å². The Labute approximate surface area is 234 Å². The fourth-order valence-electron chi connectivity index (χ4n) is 5.17. The molecular formula is C27H32N8O6. The predicted molar refractivity (Wildman–Crippen MR) is 146 cm³/mol. The summed E-state index contributed by atoms with van der Waals surface area (Å²) in [6.07, 6.45) is 1.39. The summed E-state index contributed by atoms with van der Waals surface area (Å²) in [6.45, 7) is 0.242. The lowest BCUT2D eigenvalue weighted by Crippen LogP contribution is -2.50. The number of aromatic nitrogens is 2. The number of amides is 2. The van der Waals surface area contributed by atoms with E-state index < -0.39 is 29.1 Å². The largest absolute Gasteiger partial charge is 0.508 e. The molecule has 2 amide bonds. The molecule has 0 radical (unpaired) electrons. The zero-order valence-electron chi connectivity index (χ0n) is 22.0. The monoisotopic (exact) mass is 564 g/mol. The van der Waals surface area contributed by atoms with Crippen LogP contribution in [0.25, 0.3) is 0 Å².